The van der Waals surface area contributed by atoms with Crippen LogP contribution in [0.4, 0.5) is 0 Å². The van der Waals surface area contributed by atoms with Gasteiger partial charge in [0.25, 0.3) is 0 Å². The molecule has 2 rings (SSSR count). The van der Waals surface area contributed by atoms with Gasteiger partial charge in [0.2, 0.25) is 0 Å². The van der Waals surface area contributed by atoms with E-state index in [0.29, 0.717) is 12.4 Å². The highest BCUT2D eigenvalue weighted by molar-refractivity contribution is 9.10. The Hall–Kier alpha value is -1.69. The maximum Gasteiger partial charge on any atom is 0.321 e. The molecule has 0 bridgehead atoms. The number of benzene rings is 1. The zero-order valence-corrected chi connectivity index (χ0v) is 13.2. The lowest BCUT2D eigenvalue weighted by atomic mass is 9.98. The van der Waals surface area contributed by atoms with Crippen molar-refractivity contribution in [2.45, 2.75) is 19.8 Å². The molecule has 0 N–H and O–H groups in total. The summed E-state index contributed by atoms with van der Waals surface area (Å²) >= 11 is 3.39. The van der Waals surface area contributed by atoms with Gasteiger partial charge in [0.05, 0.1) is 6.61 Å². The monoisotopic (exact) mass is 337 g/mol. The Morgan fingerprint density at radius 2 is 2.00 bits per heavy atom. The largest absolute Gasteiger partial charge is 0.465 e. The number of nitrogens with zero attached hydrogens (tertiary/aromatic N) is 3. The highest BCUT2D eigenvalue weighted by Crippen LogP contribution is 2.26. The summed E-state index contributed by atoms with van der Waals surface area (Å²) in [5, 5.41) is 8.14. The van der Waals surface area contributed by atoms with Crippen molar-refractivity contribution in [2.24, 2.45) is 7.05 Å². The Bertz CT molecular complexity index is 607. The summed E-state index contributed by atoms with van der Waals surface area (Å²) in [6.45, 7) is 3.97. The minimum Gasteiger partial charge on any atom is -0.465 e. The van der Waals surface area contributed by atoms with Crippen LogP contribution < -0.4 is 0 Å². The van der Waals surface area contributed by atoms with Crippen molar-refractivity contribution in [2.75, 3.05) is 6.61 Å². The molecule has 0 aliphatic carbocycles. The van der Waals surface area contributed by atoms with Gasteiger partial charge in [-0.15, -0.1) is 10.2 Å². The van der Waals surface area contributed by atoms with Crippen molar-refractivity contribution in [1.82, 2.24) is 14.8 Å². The van der Waals surface area contributed by atoms with Crippen LogP contribution in [0.1, 0.15) is 30.1 Å². The fourth-order valence-corrected chi connectivity index (χ4v) is 2.21. The number of carbonyl (C=O) groups excluding carboxylic acids is 1. The number of hydrogen-bond acceptors (Lipinski definition) is 4. The molecule has 1 aromatic heterocycles. The van der Waals surface area contributed by atoms with Gasteiger partial charge >= 0.3 is 5.97 Å². The van der Waals surface area contributed by atoms with E-state index in [2.05, 4.69) is 26.1 Å². The molecule has 1 heterocycles. The van der Waals surface area contributed by atoms with Crippen LogP contribution in [0.15, 0.2) is 28.7 Å². The number of hydrogen-bond donors (Lipinski definition) is 0. The quantitative estimate of drug-likeness (QED) is 0.804. The minimum atomic E-state index is -0.561. The molecule has 0 radical (unpaired) electrons. The highest BCUT2D eigenvalue weighted by Gasteiger charge is 2.29. The van der Waals surface area contributed by atoms with Gasteiger partial charge in [-0.25, -0.2) is 0 Å². The Morgan fingerprint density at radius 1 is 1.35 bits per heavy atom. The first-order valence-electron chi connectivity index (χ1n) is 6.32. The standard InChI is InChI=1S/C14H16BrN3O2/c1-4-20-14(19)12(10-5-7-11(15)8-6-10)13-17-16-9(2)18(13)3/h5-8,12H,4H2,1-3H3. The highest BCUT2D eigenvalue weighted by atomic mass is 79.9. The van der Waals surface area contributed by atoms with Crippen LogP contribution >= 0.6 is 15.9 Å². The van der Waals surface area contributed by atoms with Crippen LogP contribution in [0.5, 0.6) is 0 Å². The van der Waals surface area contributed by atoms with Gasteiger partial charge in [-0.2, -0.15) is 0 Å². The smallest absolute Gasteiger partial charge is 0.321 e. The lowest BCUT2D eigenvalue weighted by Crippen LogP contribution is -2.20. The molecular formula is C14H16BrN3O2. The Kier molecular flexibility index (Phi) is 4.54. The zero-order chi connectivity index (χ0) is 14.7. The fraction of sp³-hybridized carbons (Fsp3) is 0.357. The fourth-order valence-electron chi connectivity index (χ4n) is 1.95. The number of halogens is 1. The SMILES string of the molecule is CCOC(=O)C(c1ccc(Br)cc1)c1nnc(C)n1C. The molecule has 0 fully saturated rings. The summed E-state index contributed by atoms with van der Waals surface area (Å²) in [5.74, 6) is 0.467. The first kappa shape index (κ1) is 14.7. The maximum absolute atomic E-state index is 12.3. The molecule has 1 unspecified atom stereocenters. The second-order valence-electron chi connectivity index (χ2n) is 4.40. The Morgan fingerprint density at radius 3 is 2.50 bits per heavy atom. The van der Waals surface area contributed by atoms with Gasteiger partial charge in [0, 0.05) is 11.5 Å². The number of ether oxygens (including phenoxy) is 1. The third-order valence-corrected chi connectivity index (χ3v) is 3.64. The van der Waals surface area contributed by atoms with Gasteiger partial charge in [-0.1, -0.05) is 28.1 Å². The van der Waals surface area contributed by atoms with Gasteiger partial charge in [0.1, 0.15) is 11.7 Å². The van der Waals surface area contributed by atoms with Crippen LogP contribution in [-0.2, 0) is 16.6 Å². The zero-order valence-electron chi connectivity index (χ0n) is 11.6. The normalized spacial score (nSPS) is 12.2. The van der Waals surface area contributed by atoms with E-state index in [4.69, 9.17) is 4.74 Å². The van der Waals surface area contributed by atoms with Crippen molar-refractivity contribution in [3.63, 3.8) is 0 Å². The lowest BCUT2D eigenvalue weighted by Gasteiger charge is -2.15. The number of carbonyl (C=O) groups is 1. The van der Waals surface area contributed by atoms with E-state index in [1.807, 2.05) is 42.8 Å². The Labute approximate surface area is 126 Å². The second kappa shape index (κ2) is 6.17. The molecular weight excluding hydrogens is 322 g/mol. The molecule has 1 aromatic carbocycles. The molecule has 6 heteroatoms. The summed E-state index contributed by atoms with van der Waals surface area (Å²) < 4.78 is 7.94. The number of esters is 1. The summed E-state index contributed by atoms with van der Waals surface area (Å²) in [6, 6.07) is 7.56. The molecule has 20 heavy (non-hydrogen) atoms. The van der Waals surface area contributed by atoms with Crippen molar-refractivity contribution >= 4 is 21.9 Å². The molecule has 2 aromatic rings. The van der Waals surface area contributed by atoms with E-state index in [9.17, 15) is 4.79 Å². The lowest BCUT2D eigenvalue weighted by molar-refractivity contribution is -0.144. The van der Waals surface area contributed by atoms with E-state index in [1.54, 1.807) is 6.92 Å². The van der Waals surface area contributed by atoms with E-state index >= 15 is 0 Å². The summed E-state index contributed by atoms with van der Waals surface area (Å²) in [5.41, 5.74) is 0.835. The van der Waals surface area contributed by atoms with Crippen molar-refractivity contribution < 1.29 is 9.53 Å². The molecule has 0 saturated carbocycles. The maximum atomic E-state index is 12.3. The molecule has 1 atom stereocenters. The summed E-state index contributed by atoms with van der Waals surface area (Å²) in [7, 11) is 1.84. The number of rotatable bonds is 4. The number of aryl methyl sites for hydroxylation is 1. The molecule has 0 spiro atoms. The predicted molar refractivity (Wildman–Crippen MR) is 78.4 cm³/mol. The van der Waals surface area contributed by atoms with E-state index in [-0.39, 0.29) is 5.97 Å². The topological polar surface area (TPSA) is 57.0 Å². The van der Waals surface area contributed by atoms with Crippen molar-refractivity contribution in [1.29, 1.82) is 0 Å². The van der Waals surface area contributed by atoms with E-state index in [1.165, 1.54) is 0 Å². The average molecular weight is 338 g/mol. The average Bonchev–Trinajstić information content (AvgIpc) is 2.74. The first-order chi connectivity index (χ1) is 9.54. The molecule has 0 saturated heterocycles. The molecule has 0 aliphatic heterocycles. The second-order valence-corrected chi connectivity index (χ2v) is 5.32. The minimum absolute atomic E-state index is 0.315. The van der Waals surface area contributed by atoms with Crippen LogP contribution in [0, 0.1) is 6.92 Å². The van der Waals surface area contributed by atoms with Crippen LogP contribution in [0.2, 0.25) is 0 Å². The summed E-state index contributed by atoms with van der Waals surface area (Å²) in [4.78, 5) is 12.3. The third-order valence-electron chi connectivity index (χ3n) is 3.11. The molecule has 106 valence electrons. The van der Waals surface area contributed by atoms with Crippen molar-refractivity contribution in [3.05, 3.63) is 46.0 Å². The first-order valence-corrected chi connectivity index (χ1v) is 7.12. The van der Waals surface area contributed by atoms with Gasteiger partial charge in [-0.3, -0.25) is 4.79 Å². The van der Waals surface area contributed by atoms with Crippen LogP contribution in [0.3, 0.4) is 0 Å². The van der Waals surface area contributed by atoms with Crippen molar-refractivity contribution in [3.8, 4) is 0 Å². The molecule has 0 aliphatic rings. The Balaban J connectivity index is 2.47. The van der Waals surface area contributed by atoms with E-state index in [0.717, 1.165) is 15.9 Å². The molecule has 5 nitrogen and oxygen atoms in total. The van der Waals surface area contributed by atoms with Gasteiger partial charge < -0.3 is 9.30 Å². The molecule has 0 amide bonds. The third kappa shape index (κ3) is 2.90. The van der Waals surface area contributed by atoms with E-state index < -0.39 is 5.92 Å². The van der Waals surface area contributed by atoms with Crippen LogP contribution in [-0.4, -0.2) is 27.3 Å². The summed E-state index contributed by atoms with van der Waals surface area (Å²) in [6.07, 6.45) is 0. The van der Waals surface area contributed by atoms with Gasteiger partial charge in [-0.05, 0) is 31.5 Å². The number of aromatic nitrogens is 3. The van der Waals surface area contributed by atoms with Crippen LogP contribution in [0.25, 0.3) is 0 Å². The predicted octanol–water partition coefficient (Wildman–Crippen LogP) is 2.58. The van der Waals surface area contributed by atoms with Gasteiger partial charge in [0.15, 0.2) is 5.82 Å².